The minimum Gasteiger partial charge on any atom is -0.378 e. The summed E-state index contributed by atoms with van der Waals surface area (Å²) in [7, 11) is 0. The van der Waals surface area contributed by atoms with Gasteiger partial charge in [-0.2, -0.15) is 5.10 Å². The molecule has 1 fully saturated rings. The molecular formula is C20H19BrN4O3. The van der Waals surface area contributed by atoms with E-state index in [1.165, 1.54) is 0 Å². The summed E-state index contributed by atoms with van der Waals surface area (Å²) in [6.45, 7) is 1.65. The van der Waals surface area contributed by atoms with Gasteiger partial charge in [0.1, 0.15) is 0 Å². The van der Waals surface area contributed by atoms with E-state index in [2.05, 4.69) is 26.1 Å². The zero-order valence-corrected chi connectivity index (χ0v) is 16.6. The number of carbonyl (C=O) groups is 2. The van der Waals surface area contributed by atoms with Gasteiger partial charge < -0.3 is 14.9 Å². The third-order valence-corrected chi connectivity index (χ3v) is 5.51. The summed E-state index contributed by atoms with van der Waals surface area (Å²) < 4.78 is 0.886. The van der Waals surface area contributed by atoms with E-state index in [-0.39, 0.29) is 11.8 Å². The van der Waals surface area contributed by atoms with Crippen LogP contribution in [0.1, 0.15) is 22.0 Å². The van der Waals surface area contributed by atoms with Gasteiger partial charge in [-0.1, -0.05) is 28.1 Å². The van der Waals surface area contributed by atoms with E-state index in [4.69, 9.17) is 0 Å². The lowest BCUT2D eigenvalue weighted by Crippen LogP contribution is -2.51. The van der Waals surface area contributed by atoms with Crippen molar-refractivity contribution < 1.29 is 14.7 Å². The predicted molar refractivity (Wildman–Crippen MR) is 108 cm³/mol. The summed E-state index contributed by atoms with van der Waals surface area (Å²) in [4.78, 5) is 28.7. The molecule has 1 saturated heterocycles. The fourth-order valence-electron chi connectivity index (χ4n) is 3.35. The van der Waals surface area contributed by atoms with Crippen LogP contribution in [0.25, 0.3) is 10.9 Å². The van der Waals surface area contributed by atoms with Crippen molar-refractivity contribution in [1.29, 1.82) is 0 Å². The molecule has 2 N–H and O–H groups in total. The minimum atomic E-state index is -1.20. The average molecular weight is 443 g/mol. The highest BCUT2D eigenvalue weighted by atomic mass is 79.9. The van der Waals surface area contributed by atoms with Crippen molar-refractivity contribution >= 4 is 38.6 Å². The van der Waals surface area contributed by atoms with Gasteiger partial charge in [-0.05, 0) is 35.9 Å². The number of benzene rings is 2. The maximum Gasteiger partial charge on any atom is 0.256 e. The standard InChI is InChI=1S/C20H19BrN4O3/c21-16-4-1-13(2-5-16)18(26)20(28)25-9-7-24(8-10-25)19(27)14-3-6-17-15(11-14)12-22-23-17/h1-6,11-12,18,26H,7-10H2,(H,22,23). The number of rotatable bonds is 3. The van der Waals surface area contributed by atoms with Gasteiger partial charge in [-0.15, -0.1) is 0 Å². The van der Waals surface area contributed by atoms with Crippen molar-refractivity contribution in [3.05, 3.63) is 64.3 Å². The molecule has 0 bridgehead atoms. The lowest BCUT2D eigenvalue weighted by Gasteiger charge is -2.35. The molecule has 0 aliphatic carbocycles. The number of hydrogen-bond acceptors (Lipinski definition) is 4. The van der Waals surface area contributed by atoms with E-state index < -0.39 is 6.10 Å². The number of fused-ring (bicyclic) bond motifs is 1. The molecule has 2 amide bonds. The van der Waals surface area contributed by atoms with Crippen molar-refractivity contribution in [2.24, 2.45) is 0 Å². The van der Waals surface area contributed by atoms with Crippen LogP contribution in [0, 0.1) is 0 Å². The number of aliphatic hydroxyl groups is 1. The summed E-state index contributed by atoms with van der Waals surface area (Å²) in [5.74, 6) is -0.405. The molecule has 1 aliphatic rings. The van der Waals surface area contributed by atoms with E-state index in [1.807, 2.05) is 12.1 Å². The van der Waals surface area contributed by atoms with Gasteiger partial charge in [-0.3, -0.25) is 14.7 Å². The van der Waals surface area contributed by atoms with Gasteiger partial charge in [0.25, 0.3) is 11.8 Å². The lowest BCUT2D eigenvalue weighted by atomic mass is 10.1. The van der Waals surface area contributed by atoms with Crippen molar-refractivity contribution in [3.63, 3.8) is 0 Å². The average Bonchev–Trinajstić information content (AvgIpc) is 3.21. The lowest BCUT2D eigenvalue weighted by molar-refractivity contribution is -0.142. The fraction of sp³-hybridized carbons (Fsp3) is 0.250. The molecule has 3 aromatic rings. The second-order valence-corrected chi connectivity index (χ2v) is 7.66. The Balaban J connectivity index is 1.38. The molecule has 28 heavy (non-hydrogen) atoms. The highest BCUT2D eigenvalue weighted by Crippen LogP contribution is 2.20. The van der Waals surface area contributed by atoms with Crippen molar-refractivity contribution in [2.75, 3.05) is 26.2 Å². The van der Waals surface area contributed by atoms with Crippen molar-refractivity contribution in [3.8, 4) is 0 Å². The molecule has 144 valence electrons. The highest BCUT2D eigenvalue weighted by Gasteiger charge is 2.29. The summed E-state index contributed by atoms with van der Waals surface area (Å²) in [5.41, 5.74) is 2.04. The first-order chi connectivity index (χ1) is 13.5. The molecular weight excluding hydrogens is 424 g/mol. The molecule has 2 aromatic carbocycles. The molecule has 2 heterocycles. The number of nitrogens with one attached hydrogen (secondary N) is 1. The number of piperazine rings is 1. The van der Waals surface area contributed by atoms with Crippen LogP contribution < -0.4 is 0 Å². The molecule has 1 atom stereocenters. The first-order valence-electron chi connectivity index (χ1n) is 8.97. The van der Waals surface area contributed by atoms with Crippen LogP contribution in [-0.4, -0.2) is 63.1 Å². The number of carbonyl (C=O) groups excluding carboxylic acids is 2. The van der Waals surface area contributed by atoms with Crippen LogP contribution in [0.4, 0.5) is 0 Å². The second kappa shape index (κ2) is 7.73. The van der Waals surface area contributed by atoms with Crippen molar-refractivity contribution in [1.82, 2.24) is 20.0 Å². The third kappa shape index (κ3) is 3.65. The number of halogens is 1. The maximum atomic E-state index is 12.8. The van der Waals surface area contributed by atoms with Gasteiger partial charge in [0, 0.05) is 41.6 Å². The van der Waals surface area contributed by atoms with Gasteiger partial charge in [0.15, 0.2) is 6.10 Å². The smallest absolute Gasteiger partial charge is 0.256 e. The zero-order valence-electron chi connectivity index (χ0n) is 15.0. The Kier molecular flexibility index (Phi) is 5.15. The minimum absolute atomic E-state index is 0.0661. The first-order valence-corrected chi connectivity index (χ1v) is 9.77. The number of aliphatic hydroxyl groups excluding tert-OH is 1. The van der Waals surface area contributed by atoms with E-state index in [0.717, 1.165) is 15.4 Å². The number of aromatic amines is 1. The van der Waals surface area contributed by atoms with Gasteiger partial charge >= 0.3 is 0 Å². The predicted octanol–water partition coefficient (Wildman–Crippen LogP) is 2.34. The van der Waals surface area contributed by atoms with E-state index in [9.17, 15) is 14.7 Å². The Bertz CT molecular complexity index is 1010. The number of H-pyrrole nitrogens is 1. The molecule has 8 heteroatoms. The fourth-order valence-corrected chi connectivity index (χ4v) is 3.61. The van der Waals surface area contributed by atoms with Crippen molar-refractivity contribution in [2.45, 2.75) is 6.10 Å². The molecule has 1 aromatic heterocycles. The van der Waals surface area contributed by atoms with Crippen LogP contribution in [0.15, 0.2) is 53.1 Å². The number of nitrogens with zero attached hydrogens (tertiary/aromatic N) is 3. The number of amides is 2. The second-order valence-electron chi connectivity index (χ2n) is 6.74. The van der Waals surface area contributed by atoms with E-state index >= 15 is 0 Å². The Labute approximate surface area is 170 Å². The Morgan fingerprint density at radius 1 is 1.04 bits per heavy atom. The van der Waals surface area contributed by atoms with Crippen LogP contribution in [0.5, 0.6) is 0 Å². The largest absolute Gasteiger partial charge is 0.378 e. The summed E-state index contributed by atoms with van der Waals surface area (Å²) in [6, 6.07) is 12.5. The quantitative estimate of drug-likeness (QED) is 0.651. The summed E-state index contributed by atoms with van der Waals surface area (Å²) in [6.07, 6.45) is 0.491. The maximum absolute atomic E-state index is 12.8. The zero-order chi connectivity index (χ0) is 19.7. The van der Waals surface area contributed by atoms with E-state index in [1.54, 1.807) is 46.3 Å². The molecule has 4 rings (SSSR count). The molecule has 1 aliphatic heterocycles. The summed E-state index contributed by atoms with van der Waals surface area (Å²) >= 11 is 3.34. The molecule has 0 spiro atoms. The Morgan fingerprint density at radius 2 is 1.71 bits per heavy atom. The Morgan fingerprint density at radius 3 is 2.43 bits per heavy atom. The highest BCUT2D eigenvalue weighted by molar-refractivity contribution is 9.10. The number of hydrogen-bond donors (Lipinski definition) is 2. The van der Waals surface area contributed by atoms with Gasteiger partial charge in [0.2, 0.25) is 0 Å². The molecule has 7 nitrogen and oxygen atoms in total. The SMILES string of the molecule is O=C(c1ccc2[nH]ncc2c1)N1CCN(C(=O)C(O)c2ccc(Br)cc2)CC1. The van der Waals surface area contributed by atoms with Gasteiger partial charge in [-0.25, -0.2) is 0 Å². The van der Waals surface area contributed by atoms with Gasteiger partial charge in [0.05, 0.1) is 11.7 Å². The van der Waals surface area contributed by atoms with Crippen LogP contribution in [-0.2, 0) is 4.79 Å². The number of aromatic nitrogens is 2. The van der Waals surface area contributed by atoms with Crippen LogP contribution in [0.3, 0.4) is 0 Å². The van der Waals surface area contributed by atoms with Crippen LogP contribution >= 0.6 is 15.9 Å². The normalized spacial score (nSPS) is 15.6. The monoisotopic (exact) mass is 442 g/mol. The third-order valence-electron chi connectivity index (χ3n) is 4.99. The topological polar surface area (TPSA) is 89.5 Å². The molecule has 0 saturated carbocycles. The molecule has 1 unspecified atom stereocenters. The summed E-state index contributed by atoms with van der Waals surface area (Å²) in [5, 5.41) is 18.1. The van der Waals surface area contributed by atoms with Crippen LogP contribution in [0.2, 0.25) is 0 Å². The Hall–Kier alpha value is -2.71. The first kappa shape index (κ1) is 18.6. The van der Waals surface area contributed by atoms with E-state index in [0.29, 0.717) is 37.3 Å². The molecule has 0 radical (unpaired) electrons.